The maximum Gasteiger partial charge on any atom is 0.306 e. The molecule has 0 aliphatic heterocycles. The van der Waals surface area contributed by atoms with Gasteiger partial charge in [-0.25, -0.2) is 0 Å². The summed E-state index contributed by atoms with van der Waals surface area (Å²) in [7, 11) is 0. The van der Waals surface area contributed by atoms with E-state index in [-0.39, 0.29) is 37.5 Å². The lowest BCUT2D eigenvalue weighted by atomic mass is 10.0. The fraction of sp³-hybridized carbons (Fsp3) is 0.795. The molecule has 0 saturated heterocycles. The first-order valence-corrected chi connectivity index (χ1v) is 34.4. The lowest BCUT2D eigenvalue weighted by Gasteiger charge is -2.18. The molecule has 0 fully saturated rings. The number of carbonyl (C=O) groups excluding carboxylic acids is 3. The quantitative estimate of drug-likeness (QED) is 0.0261. The van der Waals surface area contributed by atoms with Crippen LogP contribution in [-0.4, -0.2) is 37.2 Å². The standard InChI is InChI=1S/C73H130O6/c1-4-7-10-13-16-19-22-25-28-31-33-34-35-36-37-38-40-42-45-48-51-54-57-60-63-66-72(75)78-69-70(68-77-71(74)65-62-59-56-53-50-47-44-41-30-27-24-21-18-15-12-9-6-3)79-73(76)67-64-61-58-55-52-49-46-43-39-32-29-26-23-20-17-14-11-8-5-2/h8,11,17,20,26,29,39,43,49,52,58,61,70H,4-7,9-10,12-16,18-19,21-25,27-28,30-38,40-42,44-48,50-51,53-57,59-60,62-69H2,1-3H3/b11-8-,20-17-,29-26-,43-39-,52-49-,61-58-. The summed E-state index contributed by atoms with van der Waals surface area (Å²) in [5.41, 5.74) is 0. The Morgan fingerprint density at radius 1 is 0.266 bits per heavy atom. The van der Waals surface area contributed by atoms with Crippen molar-refractivity contribution in [1.29, 1.82) is 0 Å². The van der Waals surface area contributed by atoms with Crippen LogP contribution in [0.4, 0.5) is 0 Å². The van der Waals surface area contributed by atoms with Gasteiger partial charge in [-0.1, -0.05) is 351 Å². The fourth-order valence-electron chi connectivity index (χ4n) is 10.1. The highest BCUT2D eigenvalue weighted by atomic mass is 16.6. The van der Waals surface area contributed by atoms with E-state index in [1.165, 1.54) is 231 Å². The molecule has 1 atom stereocenters. The van der Waals surface area contributed by atoms with Crippen molar-refractivity contribution in [3.63, 3.8) is 0 Å². The molecule has 6 heteroatoms. The van der Waals surface area contributed by atoms with Crippen LogP contribution in [0.2, 0.25) is 0 Å². The Labute approximate surface area is 491 Å². The summed E-state index contributed by atoms with van der Waals surface area (Å²) < 4.78 is 16.9. The maximum atomic E-state index is 12.9. The molecule has 0 bridgehead atoms. The average molecular weight is 1100 g/mol. The van der Waals surface area contributed by atoms with Gasteiger partial charge in [0.15, 0.2) is 6.10 Å². The SMILES string of the molecule is CC/C=C\C/C=C\C/C=C\C/C=C\C/C=C\C/C=C\CCC(=O)OC(COC(=O)CCCCCCCCCCCCCCCCCCC)COC(=O)CCCCCCCCCCCCCCCCCCCCCCCCCCC. The lowest BCUT2D eigenvalue weighted by molar-refractivity contribution is -0.166. The smallest absolute Gasteiger partial charge is 0.306 e. The third kappa shape index (κ3) is 65.5. The van der Waals surface area contributed by atoms with E-state index in [0.29, 0.717) is 19.3 Å². The number of rotatable bonds is 63. The second-order valence-electron chi connectivity index (χ2n) is 23.1. The summed E-state index contributed by atoms with van der Waals surface area (Å²) in [6.07, 6.45) is 88.0. The van der Waals surface area contributed by atoms with Crippen molar-refractivity contribution >= 4 is 17.9 Å². The number of hydrogen-bond donors (Lipinski definition) is 0. The zero-order valence-electron chi connectivity index (χ0n) is 52.6. The number of allylic oxidation sites excluding steroid dienone is 12. The molecule has 0 rings (SSSR count). The first kappa shape index (κ1) is 75.8. The number of ether oxygens (including phenoxy) is 3. The molecule has 0 radical (unpaired) electrons. The van der Waals surface area contributed by atoms with Gasteiger partial charge in [-0.15, -0.1) is 0 Å². The summed E-state index contributed by atoms with van der Waals surface area (Å²) in [4.78, 5) is 38.4. The Morgan fingerprint density at radius 2 is 0.494 bits per heavy atom. The van der Waals surface area contributed by atoms with Crippen LogP contribution in [0.1, 0.15) is 355 Å². The fourth-order valence-corrected chi connectivity index (χ4v) is 10.1. The van der Waals surface area contributed by atoms with Gasteiger partial charge >= 0.3 is 17.9 Å². The van der Waals surface area contributed by atoms with Crippen molar-refractivity contribution in [3.8, 4) is 0 Å². The molecule has 0 heterocycles. The van der Waals surface area contributed by atoms with Crippen molar-refractivity contribution in [2.75, 3.05) is 13.2 Å². The lowest BCUT2D eigenvalue weighted by Crippen LogP contribution is -2.30. The second kappa shape index (κ2) is 67.4. The third-order valence-electron chi connectivity index (χ3n) is 15.2. The van der Waals surface area contributed by atoms with Crippen molar-refractivity contribution < 1.29 is 28.6 Å². The van der Waals surface area contributed by atoms with Gasteiger partial charge in [0.1, 0.15) is 13.2 Å². The van der Waals surface area contributed by atoms with Crippen LogP contribution in [0.15, 0.2) is 72.9 Å². The predicted octanol–water partition coefficient (Wildman–Crippen LogP) is 23.7. The first-order valence-electron chi connectivity index (χ1n) is 34.4. The van der Waals surface area contributed by atoms with Crippen molar-refractivity contribution in [3.05, 3.63) is 72.9 Å². The molecule has 79 heavy (non-hydrogen) atoms. The van der Waals surface area contributed by atoms with Crippen LogP contribution >= 0.6 is 0 Å². The van der Waals surface area contributed by atoms with E-state index in [1.54, 1.807) is 0 Å². The van der Waals surface area contributed by atoms with E-state index >= 15 is 0 Å². The van der Waals surface area contributed by atoms with Gasteiger partial charge in [0.25, 0.3) is 0 Å². The van der Waals surface area contributed by atoms with Gasteiger partial charge in [0, 0.05) is 19.3 Å². The molecule has 0 aromatic carbocycles. The van der Waals surface area contributed by atoms with Gasteiger partial charge in [-0.3, -0.25) is 14.4 Å². The maximum absolute atomic E-state index is 12.9. The molecule has 0 spiro atoms. The van der Waals surface area contributed by atoms with Crippen LogP contribution in [0.3, 0.4) is 0 Å². The van der Waals surface area contributed by atoms with Crippen LogP contribution < -0.4 is 0 Å². The molecule has 0 amide bonds. The molecule has 0 N–H and O–H groups in total. The number of esters is 3. The normalized spacial score (nSPS) is 12.5. The van der Waals surface area contributed by atoms with E-state index in [2.05, 4.69) is 87.6 Å². The largest absolute Gasteiger partial charge is 0.462 e. The predicted molar refractivity (Wildman–Crippen MR) is 344 cm³/mol. The Morgan fingerprint density at radius 3 is 0.747 bits per heavy atom. The monoisotopic (exact) mass is 1100 g/mol. The average Bonchev–Trinajstić information content (AvgIpc) is 3.45. The topological polar surface area (TPSA) is 78.9 Å². The molecule has 0 aromatic heterocycles. The number of unbranched alkanes of at least 4 members (excludes halogenated alkanes) is 40. The Balaban J connectivity index is 4.37. The van der Waals surface area contributed by atoms with Gasteiger partial charge < -0.3 is 14.2 Å². The Bertz CT molecular complexity index is 1450. The summed E-state index contributed by atoms with van der Waals surface area (Å²) in [6.45, 7) is 6.53. The second-order valence-corrected chi connectivity index (χ2v) is 23.1. The Kier molecular flexibility index (Phi) is 64.7. The highest BCUT2D eigenvalue weighted by molar-refractivity contribution is 5.71. The van der Waals surface area contributed by atoms with E-state index in [1.807, 2.05) is 6.08 Å². The van der Waals surface area contributed by atoms with E-state index in [0.717, 1.165) is 77.0 Å². The molecule has 0 saturated carbocycles. The van der Waals surface area contributed by atoms with Crippen LogP contribution in [0.25, 0.3) is 0 Å². The van der Waals surface area contributed by atoms with Gasteiger partial charge in [-0.05, 0) is 57.8 Å². The summed E-state index contributed by atoms with van der Waals surface area (Å²) in [5.74, 6) is -0.963. The Hall–Kier alpha value is -3.15. The minimum absolute atomic E-state index is 0.101. The van der Waals surface area contributed by atoms with Gasteiger partial charge in [-0.2, -0.15) is 0 Å². The van der Waals surface area contributed by atoms with Crippen LogP contribution in [0, 0.1) is 0 Å². The van der Waals surface area contributed by atoms with Gasteiger partial charge in [0.05, 0.1) is 0 Å². The molecular formula is C73H130O6. The highest BCUT2D eigenvalue weighted by Crippen LogP contribution is 2.18. The molecule has 6 nitrogen and oxygen atoms in total. The van der Waals surface area contributed by atoms with E-state index in [4.69, 9.17) is 14.2 Å². The molecule has 0 aliphatic rings. The molecule has 0 aliphatic carbocycles. The van der Waals surface area contributed by atoms with E-state index < -0.39 is 6.10 Å². The highest BCUT2D eigenvalue weighted by Gasteiger charge is 2.19. The van der Waals surface area contributed by atoms with Crippen LogP contribution in [-0.2, 0) is 28.6 Å². The number of hydrogen-bond acceptors (Lipinski definition) is 6. The van der Waals surface area contributed by atoms with Gasteiger partial charge in [0.2, 0.25) is 0 Å². The molecule has 1 unspecified atom stereocenters. The zero-order valence-corrected chi connectivity index (χ0v) is 52.6. The minimum Gasteiger partial charge on any atom is -0.462 e. The first-order chi connectivity index (χ1) is 39.0. The van der Waals surface area contributed by atoms with Crippen molar-refractivity contribution in [2.24, 2.45) is 0 Å². The van der Waals surface area contributed by atoms with E-state index in [9.17, 15) is 14.4 Å². The van der Waals surface area contributed by atoms with Crippen molar-refractivity contribution in [2.45, 2.75) is 361 Å². The number of carbonyl (C=O) groups is 3. The molecular weight excluding hydrogens is 973 g/mol. The summed E-state index contributed by atoms with van der Waals surface area (Å²) >= 11 is 0. The molecule has 0 aromatic rings. The molecule has 458 valence electrons. The summed E-state index contributed by atoms with van der Waals surface area (Å²) in [6, 6.07) is 0. The zero-order chi connectivity index (χ0) is 57.1. The third-order valence-corrected chi connectivity index (χ3v) is 15.2. The minimum atomic E-state index is -0.815. The summed E-state index contributed by atoms with van der Waals surface area (Å²) in [5, 5.41) is 0. The van der Waals surface area contributed by atoms with Crippen LogP contribution in [0.5, 0.6) is 0 Å². The van der Waals surface area contributed by atoms with Crippen molar-refractivity contribution in [1.82, 2.24) is 0 Å².